The lowest BCUT2D eigenvalue weighted by Crippen LogP contribution is -2.53. The molecule has 0 radical (unpaired) electrons. The number of nitriles is 1. The van der Waals surface area contributed by atoms with Crippen LogP contribution in [0, 0.1) is 17.2 Å². The van der Waals surface area contributed by atoms with Crippen molar-refractivity contribution in [2.75, 3.05) is 13.1 Å². The smallest absolute Gasteiger partial charge is 0.317 e. The number of fused-ring (bicyclic) bond motifs is 1. The van der Waals surface area contributed by atoms with Crippen LogP contribution in [0.3, 0.4) is 0 Å². The average Bonchev–Trinajstić information content (AvgIpc) is 3.32. The topological polar surface area (TPSA) is 104 Å². The molecule has 2 amide bonds. The molecule has 1 atom stereocenters. The van der Waals surface area contributed by atoms with Crippen LogP contribution in [0.15, 0.2) is 40.9 Å². The van der Waals surface area contributed by atoms with E-state index in [1.165, 1.54) is 0 Å². The van der Waals surface area contributed by atoms with Gasteiger partial charge in [-0.15, -0.1) is 0 Å². The quantitative estimate of drug-likeness (QED) is 0.555. The molecule has 35 heavy (non-hydrogen) atoms. The van der Waals surface area contributed by atoms with Crippen molar-refractivity contribution < 1.29 is 14.1 Å². The van der Waals surface area contributed by atoms with Gasteiger partial charge in [0.05, 0.1) is 17.7 Å². The van der Waals surface area contributed by atoms with E-state index in [0.717, 1.165) is 49.0 Å². The third kappa shape index (κ3) is 4.59. The van der Waals surface area contributed by atoms with Crippen LogP contribution in [-0.2, 0) is 6.42 Å². The van der Waals surface area contributed by atoms with Crippen molar-refractivity contribution >= 4 is 6.03 Å². The Morgan fingerprint density at radius 3 is 2.86 bits per heavy atom. The van der Waals surface area contributed by atoms with Gasteiger partial charge in [0, 0.05) is 24.2 Å². The molecule has 2 aliphatic rings. The molecule has 8 nitrogen and oxygen atoms in total. The first-order valence-electron chi connectivity index (χ1n) is 12.2. The number of amides is 2. The zero-order valence-electron chi connectivity index (χ0n) is 20.2. The van der Waals surface area contributed by atoms with Gasteiger partial charge in [0.15, 0.2) is 0 Å². The summed E-state index contributed by atoms with van der Waals surface area (Å²) < 4.78 is 11.3. The fourth-order valence-electron chi connectivity index (χ4n) is 4.87. The third-order valence-corrected chi connectivity index (χ3v) is 6.53. The summed E-state index contributed by atoms with van der Waals surface area (Å²) in [7, 11) is 0. The van der Waals surface area contributed by atoms with Crippen molar-refractivity contribution in [3.63, 3.8) is 0 Å². The molecule has 1 fully saturated rings. The van der Waals surface area contributed by atoms with Gasteiger partial charge in [-0.25, -0.2) is 4.79 Å². The predicted octanol–water partition coefficient (Wildman–Crippen LogP) is 5.10. The second kappa shape index (κ2) is 9.41. The number of hydrogen-bond acceptors (Lipinski definition) is 6. The van der Waals surface area contributed by atoms with Crippen molar-refractivity contribution in [2.24, 2.45) is 5.92 Å². The second-order valence-electron chi connectivity index (χ2n) is 9.69. The van der Waals surface area contributed by atoms with Gasteiger partial charge >= 0.3 is 6.03 Å². The predicted molar refractivity (Wildman–Crippen MR) is 131 cm³/mol. The molecule has 1 aliphatic heterocycles. The molecule has 0 bridgehead atoms. The van der Waals surface area contributed by atoms with Crippen molar-refractivity contribution in [2.45, 2.75) is 52.2 Å². The number of urea groups is 1. The maximum Gasteiger partial charge on any atom is 0.317 e. The van der Waals surface area contributed by atoms with Crippen LogP contribution in [0.5, 0.6) is 5.75 Å². The van der Waals surface area contributed by atoms with E-state index in [1.807, 2.05) is 36.9 Å². The van der Waals surface area contributed by atoms with E-state index in [1.54, 1.807) is 12.1 Å². The number of likely N-dealkylation sites (tertiary alicyclic amines) is 1. The monoisotopic (exact) mass is 471 g/mol. The second-order valence-corrected chi connectivity index (χ2v) is 9.69. The molecule has 3 aromatic rings. The molecule has 180 valence electrons. The Balaban J connectivity index is 1.40. The molecule has 2 heterocycles. The normalized spacial score (nSPS) is 17.5. The van der Waals surface area contributed by atoms with Gasteiger partial charge in [-0.1, -0.05) is 30.3 Å². The number of carbonyl (C=O) groups excluding carboxylic acids is 1. The fourth-order valence-corrected chi connectivity index (χ4v) is 4.87. The Bertz CT molecular complexity index is 1290. The molecule has 0 spiro atoms. The Morgan fingerprint density at radius 1 is 1.29 bits per heavy atom. The van der Waals surface area contributed by atoms with Crippen molar-refractivity contribution in [3.05, 3.63) is 53.1 Å². The summed E-state index contributed by atoms with van der Waals surface area (Å²) in [5.74, 6) is 1.95. The highest BCUT2D eigenvalue weighted by Gasteiger charge is 2.31. The fraction of sp³-hybridized carbons (Fsp3) is 0.407. The molecule has 1 aliphatic carbocycles. The molecule has 0 unspecified atom stereocenters. The van der Waals surface area contributed by atoms with Gasteiger partial charge in [-0.2, -0.15) is 10.2 Å². The number of rotatable bonds is 5. The lowest BCUT2D eigenvalue weighted by atomic mass is 9.84. The van der Waals surface area contributed by atoms with E-state index < -0.39 is 0 Å². The van der Waals surface area contributed by atoms with Crippen LogP contribution in [0.1, 0.15) is 56.3 Å². The highest BCUT2D eigenvalue weighted by Crippen LogP contribution is 2.36. The number of carbonyl (C=O) groups is 1. The number of nitrogens with zero attached hydrogens (tertiary/aromatic N) is 4. The molecule has 2 aromatic carbocycles. The molecule has 1 aromatic heterocycles. The van der Waals surface area contributed by atoms with Gasteiger partial charge in [0.1, 0.15) is 11.8 Å². The summed E-state index contributed by atoms with van der Waals surface area (Å²) in [4.78, 5) is 19.2. The summed E-state index contributed by atoms with van der Waals surface area (Å²) in [6, 6.07) is 13.5. The molecule has 0 saturated carbocycles. The summed E-state index contributed by atoms with van der Waals surface area (Å²) in [6.45, 7) is 7.62. The number of hydrogen-bond donors (Lipinski definition) is 1. The zero-order valence-corrected chi connectivity index (χ0v) is 20.2. The van der Waals surface area contributed by atoms with Gasteiger partial charge < -0.3 is 19.5 Å². The van der Waals surface area contributed by atoms with Gasteiger partial charge in [-0.3, -0.25) is 0 Å². The van der Waals surface area contributed by atoms with Crippen LogP contribution in [-0.4, -0.2) is 40.3 Å². The van der Waals surface area contributed by atoms with Crippen molar-refractivity contribution in [1.29, 1.82) is 5.26 Å². The first-order valence-corrected chi connectivity index (χ1v) is 12.2. The highest BCUT2D eigenvalue weighted by atomic mass is 16.5. The number of nitrogens with one attached hydrogen (secondary N) is 1. The standard InChI is InChI=1S/C27H29N5O3/c1-16(2)34-24-11-10-18(12-19(24)13-28)26-30-25(31-35-26)22-8-4-7-21-20(22)6-5-9-23(21)29-27(33)32-14-17(3)15-32/h4,7-8,10-12,16-17,23H,5-6,9,14-15H2,1-3H3,(H,29,33)/t23-/m1/s1. The van der Waals surface area contributed by atoms with Crippen molar-refractivity contribution in [1.82, 2.24) is 20.4 Å². The van der Waals surface area contributed by atoms with Crippen LogP contribution >= 0.6 is 0 Å². The largest absolute Gasteiger partial charge is 0.490 e. The molecule has 5 rings (SSSR count). The summed E-state index contributed by atoms with van der Waals surface area (Å²) in [5, 5.41) is 17.0. The Labute approximate surface area is 204 Å². The highest BCUT2D eigenvalue weighted by molar-refractivity contribution is 5.76. The Morgan fingerprint density at radius 2 is 2.11 bits per heavy atom. The molecule has 8 heteroatoms. The minimum Gasteiger partial charge on any atom is -0.490 e. The minimum absolute atomic E-state index is 0.00592. The lowest BCUT2D eigenvalue weighted by Gasteiger charge is -2.38. The number of ether oxygens (including phenoxy) is 1. The molecular weight excluding hydrogens is 442 g/mol. The Kier molecular flexibility index (Phi) is 6.16. The molecule has 1 saturated heterocycles. The third-order valence-electron chi connectivity index (χ3n) is 6.53. The van der Waals surface area contributed by atoms with Crippen LogP contribution in [0.4, 0.5) is 4.79 Å². The summed E-state index contributed by atoms with van der Waals surface area (Å²) in [6.07, 6.45) is 2.74. The summed E-state index contributed by atoms with van der Waals surface area (Å²) >= 11 is 0. The average molecular weight is 472 g/mol. The van der Waals surface area contributed by atoms with Gasteiger partial charge in [0.25, 0.3) is 5.89 Å². The molecule has 1 N–H and O–H groups in total. The first-order chi connectivity index (χ1) is 16.9. The van der Waals surface area contributed by atoms with E-state index in [4.69, 9.17) is 9.26 Å². The maximum atomic E-state index is 12.6. The zero-order chi connectivity index (χ0) is 24.5. The van der Waals surface area contributed by atoms with E-state index in [0.29, 0.717) is 34.5 Å². The number of benzene rings is 2. The lowest BCUT2D eigenvalue weighted by molar-refractivity contribution is 0.126. The minimum atomic E-state index is -0.0321. The van der Waals surface area contributed by atoms with Crippen molar-refractivity contribution in [3.8, 4) is 34.7 Å². The summed E-state index contributed by atoms with van der Waals surface area (Å²) in [5.41, 5.74) is 4.25. The number of aromatic nitrogens is 2. The van der Waals surface area contributed by atoms with E-state index in [-0.39, 0.29) is 18.2 Å². The Hall–Kier alpha value is -3.86. The van der Waals surface area contributed by atoms with E-state index in [9.17, 15) is 10.1 Å². The van der Waals surface area contributed by atoms with Gasteiger partial charge in [0.2, 0.25) is 5.82 Å². The molecular formula is C27H29N5O3. The van der Waals surface area contributed by atoms with E-state index >= 15 is 0 Å². The maximum absolute atomic E-state index is 12.6. The van der Waals surface area contributed by atoms with Gasteiger partial charge in [-0.05, 0) is 68.4 Å². The first kappa shape index (κ1) is 22.9. The van der Waals surface area contributed by atoms with Crippen LogP contribution in [0.2, 0.25) is 0 Å². The SMILES string of the molecule is CC1CN(C(=O)N[C@@H]2CCCc3c(-c4noc(-c5ccc(OC(C)C)c(C#N)c5)n4)cccc32)C1. The van der Waals surface area contributed by atoms with E-state index in [2.05, 4.69) is 34.5 Å². The van der Waals surface area contributed by atoms with Crippen LogP contribution < -0.4 is 10.1 Å². The van der Waals surface area contributed by atoms with Crippen LogP contribution in [0.25, 0.3) is 22.8 Å².